The van der Waals surface area contributed by atoms with Gasteiger partial charge in [-0.1, -0.05) is 123 Å². The quantitative estimate of drug-likeness (QED) is 0.259. The standard InChI is InChI=1S/C29H26Si/c1-24(2)28-20-12-13-21-29(28)30(26-16-8-4-9-17-26,27-18-10-5-11-19-27)23-22-25-14-6-3-7-15-25/h3-21,24H,1-2H3. The lowest BCUT2D eigenvalue weighted by molar-refractivity contribution is 0.873. The zero-order chi connectivity index (χ0) is 20.8. The van der Waals surface area contributed by atoms with Crippen LogP contribution in [0.25, 0.3) is 0 Å². The lowest BCUT2D eigenvalue weighted by Gasteiger charge is -2.31. The summed E-state index contributed by atoms with van der Waals surface area (Å²) < 4.78 is 0. The summed E-state index contributed by atoms with van der Waals surface area (Å²) in [6.45, 7) is 4.55. The Morgan fingerprint density at radius 1 is 0.567 bits per heavy atom. The molecule has 0 atom stereocenters. The van der Waals surface area contributed by atoms with Gasteiger partial charge in [0.25, 0.3) is 0 Å². The number of hydrogen-bond acceptors (Lipinski definition) is 0. The van der Waals surface area contributed by atoms with Crippen molar-refractivity contribution >= 4 is 23.6 Å². The predicted octanol–water partition coefficient (Wildman–Crippen LogP) is 4.87. The minimum absolute atomic E-state index is 0.430. The van der Waals surface area contributed by atoms with E-state index in [0.29, 0.717) is 5.92 Å². The van der Waals surface area contributed by atoms with Gasteiger partial charge in [0.05, 0.1) is 0 Å². The van der Waals surface area contributed by atoms with Crippen LogP contribution < -0.4 is 15.6 Å². The number of rotatable bonds is 4. The van der Waals surface area contributed by atoms with Gasteiger partial charge in [0.15, 0.2) is 0 Å². The molecule has 0 N–H and O–H groups in total. The minimum atomic E-state index is -2.58. The fourth-order valence-corrected chi connectivity index (χ4v) is 8.34. The Morgan fingerprint density at radius 2 is 1.03 bits per heavy atom. The lowest BCUT2D eigenvalue weighted by atomic mass is 10.0. The smallest absolute Gasteiger partial charge is 0.109 e. The van der Waals surface area contributed by atoms with Crippen molar-refractivity contribution in [2.45, 2.75) is 19.8 Å². The summed E-state index contributed by atoms with van der Waals surface area (Å²) >= 11 is 0. The van der Waals surface area contributed by atoms with E-state index < -0.39 is 8.07 Å². The maximum Gasteiger partial charge on any atom is 0.230 e. The third-order valence-electron chi connectivity index (χ3n) is 5.57. The fraction of sp³-hybridized carbons (Fsp3) is 0.103. The van der Waals surface area contributed by atoms with E-state index in [9.17, 15) is 0 Å². The van der Waals surface area contributed by atoms with E-state index in [1.54, 1.807) is 0 Å². The van der Waals surface area contributed by atoms with Gasteiger partial charge in [0, 0.05) is 5.56 Å². The van der Waals surface area contributed by atoms with E-state index in [-0.39, 0.29) is 0 Å². The molecule has 0 aliphatic carbocycles. The number of benzene rings is 4. The van der Waals surface area contributed by atoms with E-state index in [4.69, 9.17) is 0 Å². The first-order chi connectivity index (χ1) is 14.7. The summed E-state index contributed by atoms with van der Waals surface area (Å²) in [5.74, 6) is 3.99. The maximum atomic E-state index is 3.88. The fourth-order valence-electron chi connectivity index (χ4n) is 4.10. The van der Waals surface area contributed by atoms with Gasteiger partial charge in [0.1, 0.15) is 0 Å². The van der Waals surface area contributed by atoms with Crippen LogP contribution in [0.15, 0.2) is 115 Å². The molecule has 4 rings (SSSR count). The Balaban J connectivity index is 2.09. The molecule has 0 heterocycles. The Kier molecular flexibility index (Phi) is 5.98. The third-order valence-corrected chi connectivity index (χ3v) is 9.73. The highest BCUT2D eigenvalue weighted by atomic mass is 28.3. The SMILES string of the molecule is CC(C)c1ccccc1[Si](C#Cc1ccccc1)(c1ccccc1)c1ccccc1. The first-order valence-electron chi connectivity index (χ1n) is 10.5. The molecule has 0 fully saturated rings. The Bertz CT molecular complexity index is 1110. The predicted molar refractivity (Wildman–Crippen MR) is 131 cm³/mol. The van der Waals surface area contributed by atoms with Crippen molar-refractivity contribution in [3.8, 4) is 11.5 Å². The van der Waals surface area contributed by atoms with Crippen LogP contribution >= 0.6 is 0 Å². The molecule has 0 saturated heterocycles. The second-order valence-corrected chi connectivity index (χ2v) is 11.3. The van der Waals surface area contributed by atoms with Gasteiger partial charge in [-0.3, -0.25) is 0 Å². The summed E-state index contributed by atoms with van der Waals surface area (Å²) in [7, 11) is -2.58. The van der Waals surface area contributed by atoms with Crippen LogP contribution in [0.2, 0.25) is 0 Å². The average Bonchev–Trinajstić information content (AvgIpc) is 2.82. The van der Waals surface area contributed by atoms with E-state index in [1.165, 1.54) is 21.1 Å². The molecule has 30 heavy (non-hydrogen) atoms. The van der Waals surface area contributed by atoms with Gasteiger partial charge < -0.3 is 0 Å². The summed E-state index contributed by atoms with van der Waals surface area (Å²) in [5, 5.41) is 4.04. The molecule has 0 amide bonds. The van der Waals surface area contributed by atoms with Gasteiger partial charge in [-0.15, -0.1) is 5.54 Å². The van der Waals surface area contributed by atoms with Gasteiger partial charge >= 0.3 is 0 Å². The van der Waals surface area contributed by atoms with Gasteiger partial charge in [0.2, 0.25) is 8.07 Å². The molecule has 146 valence electrons. The van der Waals surface area contributed by atoms with E-state index in [2.05, 4.69) is 135 Å². The topological polar surface area (TPSA) is 0 Å². The number of hydrogen-bond donors (Lipinski definition) is 0. The van der Waals surface area contributed by atoms with Crippen LogP contribution in [0.5, 0.6) is 0 Å². The van der Waals surface area contributed by atoms with Gasteiger partial charge in [-0.25, -0.2) is 0 Å². The molecule has 0 saturated carbocycles. The minimum Gasteiger partial charge on any atom is -0.109 e. The van der Waals surface area contributed by atoms with Crippen molar-refractivity contribution in [3.05, 3.63) is 126 Å². The van der Waals surface area contributed by atoms with Crippen molar-refractivity contribution in [1.82, 2.24) is 0 Å². The molecular formula is C29H26Si. The maximum absolute atomic E-state index is 3.88. The molecule has 0 spiro atoms. The van der Waals surface area contributed by atoms with Gasteiger partial charge in [-0.05, 0) is 39.2 Å². The highest BCUT2D eigenvalue weighted by Crippen LogP contribution is 2.17. The molecule has 0 aliphatic rings. The summed E-state index contributed by atoms with van der Waals surface area (Å²) in [6, 6.07) is 41.0. The van der Waals surface area contributed by atoms with Crippen LogP contribution in [0.4, 0.5) is 0 Å². The highest BCUT2D eigenvalue weighted by Gasteiger charge is 2.40. The van der Waals surface area contributed by atoms with Crippen LogP contribution in [0.1, 0.15) is 30.9 Å². The molecule has 4 aromatic carbocycles. The second-order valence-electron chi connectivity index (χ2n) is 7.84. The molecule has 0 aliphatic heterocycles. The van der Waals surface area contributed by atoms with Crippen molar-refractivity contribution in [1.29, 1.82) is 0 Å². The zero-order valence-electron chi connectivity index (χ0n) is 17.5. The Labute approximate surface area is 181 Å². The van der Waals surface area contributed by atoms with Crippen LogP contribution in [-0.2, 0) is 0 Å². The Hall–Kier alpha value is -3.34. The molecule has 0 bridgehead atoms. The van der Waals surface area contributed by atoms with E-state index in [0.717, 1.165) is 5.56 Å². The van der Waals surface area contributed by atoms with Crippen LogP contribution in [0.3, 0.4) is 0 Å². The van der Waals surface area contributed by atoms with E-state index in [1.807, 2.05) is 6.07 Å². The molecule has 0 unspecified atom stereocenters. The van der Waals surface area contributed by atoms with Crippen molar-refractivity contribution in [2.75, 3.05) is 0 Å². The zero-order valence-corrected chi connectivity index (χ0v) is 18.5. The van der Waals surface area contributed by atoms with E-state index >= 15 is 0 Å². The summed E-state index contributed by atoms with van der Waals surface area (Å²) in [5.41, 5.74) is 6.33. The van der Waals surface area contributed by atoms with Crippen LogP contribution in [-0.4, -0.2) is 8.07 Å². The lowest BCUT2D eigenvalue weighted by Crippen LogP contribution is -2.67. The Morgan fingerprint density at radius 3 is 1.57 bits per heavy atom. The summed E-state index contributed by atoms with van der Waals surface area (Å²) in [4.78, 5) is 0. The molecule has 0 radical (unpaired) electrons. The molecular weight excluding hydrogens is 376 g/mol. The van der Waals surface area contributed by atoms with Gasteiger partial charge in [-0.2, -0.15) is 0 Å². The molecule has 0 aromatic heterocycles. The first-order valence-corrected chi connectivity index (χ1v) is 12.5. The summed E-state index contributed by atoms with van der Waals surface area (Å²) in [6.07, 6.45) is 0. The first kappa shape index (κ1) is 20.0. The van der Waals surface area contributed by atoms with Crippen molar-refractivity contribution in [2.24, 2.45) is 0 Å². The monoisotopic (exact) mass is 402 g/mol. The van der Waals surface area contributed by atoms with Crippen molar-refractivity contribution in [3.63, 3.8) is 0 Å². The second kappa shape index (κ2) is 8.99. The molecule has 1 heteroatoms. The highest BCUT2D eigenvalue weighted by molar-refractivity contribution is 7.17. The molecule has 0 nitrogen and oxygen atoms in total. The van der Waals surface area contributed by atoms with Crippen LogP contribution in [0, 0.1) is 11.5 Å². The average molecular weight is 403 g/mol. The third kappa shape index (κ3) is 3.88. The normalized spacial score (nSPS) is 11.0. The largest absolute Gasteiger partial charge is 0.230 e. The molecule has 4 aromatic rings. The van der Waals surface area contributed by atoms with Crippen molar-refractivity contribution < 1.29 is 0 Å².